The lowest BCUT2D eigenvalue weighted by Gasteiger charge is -2.33. The van der Waals surface area contributed by atoms with Crippen molar-refractivity contribution in [2.75, 3.05) is 31.3 Å². The summed E-state index contributed by atoms with van der Waals surface area (Å²) in [5.41, 5.74) is 1.90. The van der Waals surface area contributed by atoms with Crippen LogP contribution in [0.25, 0.3) is 0 Å². The van der Waals surface area contributed by atoms with E-state index in [4.69, 9.17) is 4.74 Å². The number of methoxy groups -OCH3 is 1. The minimum atomic E-state index is -3.87. The highest BCUT2D eigenvalue weighted by atomic mass is 79.9. The number of nitrogens with one attached hydrogen (secondary N) is 1. The number of para-hydroxylation sites is 2. The van der Waals surface area contributed by atoms with Gasteiger partial charge in [-0.3, -0.25) is 13.9 Å². The van der Waals surface area contributed by atoms with E-state index < -0.39 is 28.5 Å². The predicted octanol–water partition coefficient (Wildman–Crippen LogP) is 3.61. The lowest BCUT2D eigenvalue weighted by atomic mass is 10.0. The molecule has 0 heterocycles. The fourth-order valence-electron chi connectivity index (χ4n) is 3.94. The smallest absolute Gasteiger partial charge is 0.244 e. The van der Waals surface area contributed by atoms with Gasteiger partial charge in [-0.2, -0.15) is 0 Å². The molecule has 0 unspecified atom stereocenters. The molecule has 1 N–H and O–H groups in total. The average Bonchev–Trinajstić information content (AvgIpc) is 2.89. The highest BCUT2D eigenvalue weighted by molar-refractivity contribution is 9.10. The molecule has 2 amide bonds. The summed E-state index contributed by atoms with van der Waals surface area (Å²) in [7, 11) is -0.922. The SMILES string of the molecule is CNC(=O)[C@H](Cc1ccccc1)N(Cc1ccc(Br)cc1)C(=O)CN(c1ccccc1OC)S(C)(=O)=O. The van der Waals surface area contributed by atoms with Crippen molar-refractivity contribution in [3.05, 3.63) is 94.5 Å². The molecular formula is C27H30BrN3O5S. The Kier molecular flexibility index (Phi) is 9.71. The van der Waals surface area contributed by atoms with Crippen LogP contribution in [0.15, 0.2) is 83.3 Å². The lowest BCUT2D eigenvalue weighted by Crippen LogP contribution is -2.52. The number of amides is 2. The molecule has 8 nitrogen and oxygen atoms in total. The van der Waals surface area contributed by atoms with Gasteiger partial charge >= 0.3 is 0 Å². The van der Waals surface area contributed by atoms with Gasteiger partial charge in [0.2, 0.25) is 21.8 Å². The van der Waals surface area contributed by atoms with Gasteiger partial charge in [0.1, 0.15) is 18.3 Å². The Balaban J connectivity index is 2.04. The van der Waals surface area contributed by atoms with Crippen molar-refractivity contribution in [2.45, 2.75) is 19.0 Å². The summed E-state index contributed by atoms with van der Waals surface area (Å²) in [6.45, 7) is -0.390. The van der Waals surface area contributed by atoms with E-state index in [9.17, 15) is 18.0 Å². The first-order valence-electron chi connectivity index (χ1n) is 11.5. The molecule has 0 aliphatic heterocycles. The van der Waals surface area contributed by atoms with Crippen molar-refractivity contribution in [2.24, 2.45) is 0 Å². The van der Waals surface area contributed by atoms with Gasteiger partial charge in [-0.15, -0.1) is 0 Å². The summed E-state index contributed by atoms with van der Waals surface area (Å²) in [5.74, 6) is -0.561. The van der Waals surface area contributed by atoms with E-state index in [1.54, 1.807) is 24.3 Å². The first-order valence-corrected chi connectivity index (χ1v) is 14.2. The number of carbonyl (C=O) groups excluding carboxylic acids is 2. The molecule has 0 aliphatic rings. The summed E-state index contributed by atoms with van der Waals surface area (Å²) < 4.78 is 32.9. The summed E-state index contributed by atoms with van der Waals surface area (Å²) in [6, 6.07) is 22.5. The molecule has 3 aromatic carbocycles. The molecular weight excluding hydrogens is 558 g/mol. The topological polar surface area (TPSA) is 96.0 Å². The minimum Gasteiger partial charge on any atom is -0.495 e. The standard InChI is InChI=1S/C27H30BrN3O5S/c1-29-27(33)24(17-20-9-5-4-6-10-20)30(18-21-13-15-22(28)16-14-21)26(32)19-31(37(3,34)35)23-11-7-8-12-25(23)36-2/h4-16,24H,17-19H2,1-3H3,(H,29,33)/t24-/m0/s1. The van der Waals surface area contributed by atoms with Crippen LogP contribution in [-0.2, 0) is 32.6 Å². The second-order valence-corrected chi connectivity index (χ2v) is 11.2. The molecule has 1 atom stereocenters. The Morgan fingerprint density at radius 3 is 2.16 bits per heavy atom. The zero-order valence-corrected chi connectivity index (χ0v) is 23.3. The average molecular weight is 589 g/mol. The van der Waals surface area contributed by atoms with Crippen LogP contribution < -0.4 is 14.4 Å². The minimum absolute atomic E-state index is 0.112. The van der Waals surface area contributed by atoms with Crippen LogP contribution in [0.4, 0.5) is 5.69 Å². The van der Waals surface area contributed by atoms with Crippen molar-refractivity contribution in [1.82, 2.24) is 10.2 Å². The molecule has 3 aromatic rings. The van der Waals surface area contributed by atoms with Gasteiger partial charge in [-0.1, -0.05) is 70.5 Å². The third-order valence-electron chi connectivity index (χ3n) is 5.82. The van der Waals surface area contributed by atoms with E-state index in [0.29, 0.717) is 5.75 Å². The van der Waals surface area contributed by atoms with Crippen molar-refractivity contribution in [1.29, 1.82) is 0 Å². The van der Waals surface area contributed by atoms with Crippen LogP contribution in [0.1, 0.15) is 11.1 Å². The van der Waals surface area contributed by atoms with Crippen LogP contribution in [0, 0.1) is 0 Å². The number of carbonyl (C=O) groups is 2. The summed E-state index contributed by atoms with van der Waals surface area (Å²) in [4.78, 5) is 28.4. The van der Waals surface area contributed by atoms with E-state index >= 15 is 0 Å². The zero-order chi connectivity index (χ0) is 27.0. The van der Waals surface area contributed by atoms with Crippen molar-refractivity contribution in [3.8, 4) is 5.75 Å². The maximum absolute atomic E-state index is 13.9. The number of halogens is 1. The summed E-state index contributed by atoms with van der Waals surface area (Å²) >= 11 is 3.41. The molecule has 37 heavy (non-hydrogen) atoms. The van der Waals surface area contributed by atoms with Gasteiger partial charge in [-0.25, -0.2) is 8.42 Å². The molecule has 10 heteroatoms. The Labute approximate surface area is 226 Å². The van der Waals surface area contributed by atoms with Crippen LogP contribution >= 0.6 is 15.9 Å². The van der Waals surface area contributed by atoms with E-state index in [2.05, 4.69) is 21.2 Å². The number of sulfonamides is 1. The monoisotopic (exact) mass is 587 g/mol. The van der Waals surface area contributed by atoms with E-state index in [1.165, 1.54) is 19.1 Å². The molecule has 0 saturated heterocycles. The third kappa shape index (κ3) is 7.56. The third-order valence-corrected chi connectivity index (χ3v) is 7.47. The first-order chi connectivity index (χ1) is 17.6. The van der Waals surface area contributed by atoms with Gasteiger partial charge in [0.25, 0.3) is 0 Å². The van der Waals surface area contributed by atoms with Crippen LogP contribution in [0.5, 0.6) is 5.75 Å². The van der Waals surface area contributed by atoms with Crippen LogP contribution in [0.2, 0.25) is 0 Å². The maximum atomic E-state index is 13.9. The summed E-state index contributed by atoms with van der Waals surface area (Å²) in [6.07, 6.45) is 1.29. The molecule has 0 spiro atoms. The molecule has 3 rings (SSSR count). The summed E-state index contributed by atoms with van der Waals surface area (Å²) in [5, 5.41) is 2.66. The normalized spacial score (nSPS) is 11.9. The maximum Gasteiger partial charge on any atom is 0.244 e. The second-order valence-electron chi connectivity index (χ2n) is 8.41. The Morgan fingerprint density at radius 1 is 0.946 bits per heavy atom. The Hall–Kier alpha value is -3.37. The fraction of sp³-hybridized carbons (Fsp3) is 0.259. The highest BCUT2D eigenvalue weighted by Crippen LogP contribution is 2.30. The quantitative estimate of drug-likeness (QED) is 0.370. The number of benzene rings is 3. The molecule has 0 fully saturated rings. The number of anilines is 1. The van der Waals surface area contributed by atoms with E-state index in [1.807, 2.05) is 54.6 Å². The Morgan fingerprint density at radius 2 is 1.57 bits per heavy atom. The zero-order valence-electron chi connectivity index (χ0n) is 20.9. The van der Waals surface area contributed by atoms with Crippen LogP contribution in [0.3, 0.4) is 0 Å². The van der Waals surface area contributed by atoms with Crippen LogP contribution in [-0.4, -0.2) is 58.1 Å². The van der Waals surface area contributed by atoms with Gasteiger partial charge in [-0.05, 0) is 35.4 Å². The molecule has 0 saturated carbocycles. The number of hydrogen-bond acceptors (Lipinski definition) is 5. The number of ether oxygens (including phenoxy) is 1. The van der Waals surface area contributed by atoms with Gasteiger partial charge < -0.3 is 15.0 Å². The molecule has 0 radical (unpaired) electrons. The number of hydrogen-bond donors (Lipinski definition) is 1. The van der Waals surface area contributed by atoms with Gasteiger partial charge in [0, 0.05) is 24.5 Å². The van der Waals surface area contributed by atoms with Crippen molar-refractivity contribution < 1.29 is 22.7 Å². The van der Waals surface area contributed by atoms with Gasteiger partial charge in [0.05, 0.1) is 19.1 Å². The molecule has 0 aliphatic carbocycles. The number of nitrogens with zero attached hydrogens (tertiary/aromatic N) is 2. The van der Waals surface area contributed by atoms with E-state index in [-0.39, 0.29) is 24.6 Å². The van der Waals surface area contributed by atoms with Crippen molar-refractivity contribution >= 4 is 43.5 Å². The number of rotatable bonds is 11. The fourth-order valence-corrected chi connectivity index (χ4v) is 5.06. The molecule has 0 aromatic heterocycles. The molecule has 0 bridgehead atoms. The largest absolute Gasteiger partial charge is 0.495 e. The van der Waals surface area contributed by atoms with Crippen molar-refractivity contribution in [3.63, 3.8) is 0 Å². The Bertz CT molecular complexity index is 1320. The first kappa shape index (κ1) is 28.2. The predicted molar refractivity (Wildman–Crippen MR) is 148 cm³/mol. The molecule has 196 valence electrons. The van der Waals surface area contributed by atoms with E-state index in [0.717, 1.165) is 26.2 Å². The lowest BCUT2D eigenvalue weighted by molar-refractivity contribution is -0.139. The number of likely N-dealkylation sites (N-methyl/N-ethyl adjacent to an activating group) is 1. The highest BCUT2D eigenvalue weighted by Gasteiger charge is 2.33. The van der Waals surface area contributed by atoms with Gasteiger partial charge in [0.15, 0.2) is 0 Å². The second kappa shape index (κ2) is 12.7.